The molecule has 7 rings (SSSR count). The zero-order valence-corrected chi connectivity index (χ0v) is 31.4. The lowest BCUT2D eigenvalue weighted by molar-refractivity contribution is 0.0992. The van der Waals surface area contributed by atoms with Crippen LogP contribution in [0.3, 0.4) is 0 Å². The molecule has 4 aromatic heterocycles. The Morgan fingerprint density at radius 3 is 1.67 bits per heavy atom. The molecule has 17 heteroatoms. The predicted molar refractivity (Wildman–Crippen MR) is 208 cm³/mol. The van der Waals surface area contributed by atoms with Crippen LogP contribution in [-0.4, -0.2) is 65.9 Å². The Labute approximate surface area is 310 Å². The van der Waals surface area contributed by atoms with Gasteiger partial charge in [-0.05, 0) is 79.6 Å². The minimum absolute atomic E-state index is 0.148. The molecule has 15 nitrogen and oxygen atoms in total. The van der Waals surface area contributed by atoms with Gasteiger partial charge in [0.05, 0.1) is 66.9 Å². The Balaban J connectivity index is 0.000000186. The highest BCUT2D eigenvalue weighted by Gasteiger charge is 2.20. The molecule has 0 saturated heterocycles. The highest BCUT2D eigenvalue weighted by molar-refractivity contribution is 7.91. The number of nitrogens with two attached hydrogens (primary N) is 2. The maximum Gasteiger partial charge on any atom is 0.252 e. The van der Waals surface area contributed by atoms with E-state index >= 15 is 0 Å². The Morgan fingerprint density at radius 2 is 1.20 bits per heavy atom. The Bertz CT molecular complexity index is 2880. The second-order valence-electron chi connectivity index (χ2n) is 12.7. The van der Waals surface area contributed by atoms with Gasteiger partial charge in [0.1, 0.15) is 0 Å². The molecule has 0 aliphatic rings. The van der Waals surface area contributed by atoms with E-state index in [9.17, 15) is 26.4 Å². The average molecular weight is 766 g/mol. The van der Waals surface area contributed by atoms with Crippen LogP contribution in [-0.2, 0) is 26.7 Å². The van der Waals surface area contributed by atoms with Crippen LogP contribution in [0.25, 0.3) is 32.7 Å². The van der Waals surface area contributed by atoms with Crippen LogP contribution in [0, 0.1) is 13.8 Å². The van der Waals surface area contributed by atoms with Crippen LogP contribution in [0.5, 0.6) is 0 Å². The second-order valence-corrected chi connectivity index (χ2v) is 16.7. The van der Waals surface area contributed by atoms with Gasteiger partial charge in [-0.25, -0.2) is 16.8 Å². The first-order valence-electron chi connectivity index (χ1n) is 16.1. The first-order chi connectivity index (χ1) is 25.4. The fourth-order valence-corrected chi connectivity index (χ4v) is 7.36. The summed E-state index contributed by atoms with van der Waals surface area (Å²) in [4.78, 5) is 36.8. The van der Waals surface area contributed by atoms with E-state index in [1.165, 1.54) is 24.5 Å². The lowest BCUT2D eigenvalue weighted by atomic mass is 10.1. The molecule has 2 amide bonds. The number of nitrogens with one attached hydrogen (secondary N) is 2. The SMILES string of the molecule is Cc1cc(S(C)(=O)=O)cc2c(Nc3ccc4cnn(C)c4c3)c(C(N)=O)cnc12.Cc1cc(S(C)(=O)=O)cc2c(Nc3cccnc3)c(C(N)=O)cnc12. The van der Waals surface area contributed by atoms with Crippen LogP contribution < -0.4 is 22.1 Å². The van der Waals surface area contributed by atoms with E-state index in [1.807, 2.05) is 25.2 Å². The maximum absolute atomic E-state index is 12.1. The molecule has 276 valence electrons. The summed E-state index contributed by atoms with van der Waals surface area (Å²) in [6.45, 7) is 3.54. The van der Waals surface area contributed by atoms with Crippen molar-refractivity contribution in [3.8, 4) is 0 Å². The molecule has 3 aromatic carbocycles. The summed E-state index contributed by atoms with van der Waals surface area (Å²) in [7, 11) is -5.04. The van der Waals surface area contributed by atoms with Gasteiger partial charge in [-0.15, -0.1) is 0 Å². The van der Waals surface area contributed by atoms with Crippen LogP contribution in [0.15, 0.2) is 95.4 Å². The smallest absolute Gasteiger partial charge is 0.252 e. The Morgan fingerprint density at radius 1 is 0.685 bits per heavy atom. The van der Waals surface area contributed by atoms with Gasteiger partial charge in [0.25, 0.3) is 11.8 Å². The van der Waals surface area contributed by atoms with Crippen molar-refractivity contribution in [1.29, 1.82) is 0 Å². The molecule has 0 aliphatic heterocycles. The van der Waals surface area contributed by atoms with Gasteiger partial charge in [-0.2, -0.15) is 5.10 Å². The van der Waals surface area contributed by atoms with Crippen molar-refractivity contribution in [2.24, 2.45) is 18.5 Å². The van der Waals surface area contributed by atoms with Crippen molar-refractivity contribution in [2.45, 2.75) is 23.6 Å². The van der Waals surface area contributed by atoms with Gasteiger partial charge in [0, 0.05) is 60.0 Å². The molecular weight excluding hydrogens is 731 g/mol. The number of amides is 2. The molecule has 0 fully saturated rings. The third-order valence-electron chi connectivity index (χ3n) is 8.61. The monoisotopic (exact) mass is 765 g/mol. The minimum Gasteiger partial charge on any atom is -0.365 e. The number of anilines is 4. The van der Waals surface area contributed by atoms with Crippen molar-refractivity contribution in [1.82, 2.24) is 24.7 Å². The van der Waals surface area contributed by atoms with Crippen molar-refractivity contribution in [3.05, 3.63) is 108 Å². The largest absolute Gasteiger partial charge is 0.365 e. The van der Waals surface area contributed by atoms with Gasteiger partial charge < -0.3 is 22.1 Å². The average Bonchev–Trinajstić information content (AvgIpc) is 3.47. The molecule has 7 aromatic rings. The summed E-state index contributed by atoms with van der Waals surface area (Å²) >= 11 is 0. The van der Waals surface area contributed by atoms with Gasteiger partial charge in [0.2, 0.25) is 0 Å². The molecule has 54 heavy (non-hydrogen) atoms. The number of rotatable bonds is 8. The predicted octanol–water partition coefficient (Wildman–Crippen LogP) is 4.86. The number of fused-ring (bicyclic) bond motifs is 3. The number of hydrogen-bond donors (Lipinski definition) is 4. The number of carbonyl (C=O) groups is 2. The number of aryl methyl sites for hydroxylation is 3. The summed E-state index contributed by atoms with van der Waals surface area (Å²) < 4.78 is 50.0. The number of sulfone groups is 2. The fraction of sp³-hybridized carbons (Fsp3) is 0.135. The van der Waals surface area contributed by atoms with Crippen molar-refractivity contribution in [2.75, 3.05) is 23.1 Å². The lowest BCUT2D eigenvalue weighted by Gasteiger charge is -2.15. The number of primary amides is 2. The van der Waals surface area contributed by atoms with Crippen LogP contribution in [0.1, 0.15) is 31.8 Å². The first-order valence-corrected chi connectivity index (χ1v) is 19.9. The molecule has 0 bridgehead atoms. The molecule has 0 aliphatic carbocycles. The maximum atomic E-state index is 12.1. The molecule has 0 saturated carbocycles. The van der Waals surface area contributed by atoms with Crippen LogP contribution >= 0.6 is 0 Å². The highest BCUT2D eigenvalue weighted by Crippen LogP contribution is 2.34. The van der Waals surface area contributed by atoms with Crippen molar-refractivity contribution >= 4 is 86.9 Å². The number of benzene rings is 3. The van der Waals surface area contributed by atoms with E-state index in [1.54, 1.807) is 61.4 Å². The Hall–Kier alpha value is -6.46. The van der Waals surface area contributed by atoms with E-state index in [4.69, 9.17) is 11.5 Å². The van der Waals surface area contributed by atoms with Crippen molar-refractivity contribution in [3.63, 3.8) is 0 Å². The molecule has 0 atom stereocenters. The Kier molecular flexibility index (Phi) is 9.79. The second kappa shape index (κ2) is 14.2. The standard InChI is InChI=1S/C20H19N5O3S.C17H16N4O3S/c1-11-6-14(29(3,27)28)8-15-18(11)22-10-16(20(21)26)19(15)24-13-5-4-12-9-23-25(2)17(12)7-13;1-10-6-12(25(2,23)24)7-13-15(10)20-9-14(17(18)22)16(13)21-11-4-3-5-19-8-11/h4-10H,1-3H3,(H2,21,26)(H,22,24);3-9H,1-2H3,(H2,18,22)(H,20,21). The zero-order valence-electron chi connectivity index (χ0n) is 29.7. The summed E-state index contributed by atoms with van der Waals surface area (Å²) in [6, 6.07) is 15.3. The number of carbonyl (C=O) groups excluding carboxylic acids is 2. The normalized spacial score (nSPS) is 11.6. The molecular formula is C37H35N9O6S2. The third kappa shape index (κ3) is 7.53. The van der Waals surface area contributed by atoms with E-state index in [0.29, 0.717) is 55.7 Å². The van der Waals surface area contributed by atoms with E-state index in [2.05, 4.69) is 30.7 Å². The summed E-state index contributed by atoms with van der Waals surface area (Å²) in [5, 5.41) is 12.5. The number of aromatic nitrogens is 5. The number of nitrogens with zero attached hydrogens (tertiary/aromatic N) is 5. The van der Waals surface area contributed by atoms with Crippen LogP contribution in [0.2, 0.25) is 0 Å². The van der Waals surface area contributed by atoms with E-state index < -0.39 is 31.5 Å². The van der Waals surface area contributed by atoms with Crippen LogP contribution in [0.4, 0.5) is 22.7 Å². The van der Waals surface area contributed by atoms with Gasteiger partial charge >= 0.3 is 0 Å². The molecule has 6 N–H and O–H groups in total. The zero-order chi connectivity index (χ0) is 39.1. The molecule has 0 unspecified atom stereocenters. The quantitative estimate of drug-likeness (QED) is 0.162. The van der Waals surface area contributed by atoms with E-state index in [-0.39, 0.29) is 20.9 Å². The minimum atomic E-state index is -3.45. The molecule has 4 heterocycles. The topological polar surface area (TPSA) is 235 Å². The highest BCUT2D eigenvalue weighted by atomic mass is 32.2. The number of hydrogen-bond acceptors (Lipinski definition) is 12. The van der Waals surface area contributed by atoms with Gasteiger partial charge in [-0.1, -0.05) is 0 Å². The van der Waals surface area contributed by atoms with Gasteiger partial charge in [-0.3, -0.25) is 29.2 Å². The first kappa shape index (κ1) is 37.3. The number of pyridine rings is 3. The summed E-state index contributed by atoms with van der Waals surface area (Å²) in [5.41, 5.74) is 17.0. The van der Waals surface area contributed by atoms with Crippen molar-refractivity contribution < 1.29 is 26.4 Å². The fourth-order valence-electron chi connectivity index (χ4n) is 5.91. The molecule has 0 radical (unpaired) electrons. The van der Waals surface area contributed by atoms with Gasteiger partial charge in [0.15, 0.2) is 19.7 Å². The summed E-state index contributed by atoms with van der Waals surface area (Å²) in [6.07, 6.45) is 10.0. The summed E-state index contributed by atoms with van der Waals surface area (Å²) in [5.74, 6) is -1.32. The van der Waals surface area contributed by atoms with E-state index in [0.717, 1.165) is 23.4 Å². The molecule has 0 spiro atoms. The third-order valence-corrected chi connectivity index (χ3v) is 10.8. The lowest BCUT2D eigenvalue weighted by Crippen LogP contribution is -2.14.